The number of hydrogen-bond donors (Lipinski definition) is 2. The van der Waals surface area contributed by atoms with Crippen molar-refractivity contribution in [2.75, 3.05) is 11.5 Å². The van der Waals surface area contributed by atoms with E-state index < -0.39 is 9.84 Å². The molecule has 0 bridgehead atoms. The van der Waals surface area contributed by atoms with Gasteiger partial charge in [-0.15, -0.1) is 0 Å². The zero-order valence-corrected chi connectivity index (χ0v) is 13.2. The Kier molecular flexibility index (Phi) is 7.32. The molecule has 1 aliphatic heterocycles. The third-order valence-electron chi connectivity index (χ3n) is 4.34. The van der Waals surface area contributed by atoms with Crippen LogP contribution in [0.5, 0.6) is 0 Å². The fourth-order valence-electron chi connectivity index (χ4n) is 3.08. The van der Waals surface area contributed by atoms with Crippen molar-refractivity contribution >= 4 is 9.84 Å². The van der Waals surface area contributed by atoms with Crippen LogP contribution in [-0.4, -0.2) is 26.0 Å². The summed E-state index contributed by atoms with van der Waals surface area (Å²) in [5.41, 5.74) is 2.90. The first-order chi connectivity index (χ1) is 9.00. The molecule has 0 spiro atoms. The van der Waals surface area contributed by atoms with Crippen molar-refractivity contribution in [3.05, 3.63) is 0 Å². The van der Waals surface area contributed by atoms with E-state index in [-0.39, 0.29) is 6.04 Å². The minimum atomic E-state index is -2.77. The van der Waals surface area contributed by atoms with Gasteiger partial charge in [-0.1, -0.05) is 39.5 Å². The lowest BCUT2D eigenvalue weighted by Crippen LogP contribution is -2.38. The lowest BCUT2D eigenvalue weighted by molar-refractivity contribution is 0.313. The summed E-state index contributed by atoms with van der Waals surface area (Å²) in [5.74, 6) is 7.38. The van der Waals surface area contributed by atoms with Gasteiger partial charge < -0.3 is 0 Å². The summed E-state index contributed by atoms with van der Waals surface area (Å²) >= 11 is 0. The SMILES string of the molecule is CCCCC(CC)CC(CC1CCS(=O)(=O)C1)NN. The molecule has 3 N–H and O–H groups in total. The fourth-order valence-corrected chi connectivity index (χ4v) is 4.96. The van der Waals surface area contributed by atoms with E-state index in [1.165, 1.54) is 25.7 Å². The average molecular weight is 290 g/mol. The van der Waals surface area contributed by atoms with Crippen LogP contribution in [0.3, 0.4) is 0 Å². The zero-order chi connectivity index (χ0) is 14.3. The Morgan fingerprint density at radius 1 is 1.37 bits per heavy atom. The number of unbranched alkanes of at least 4 members (excludes halogenated alkanes) is 1. The van der Waals surface area contributed by atoms with Crippen LogP contribution in [-0.2, 0) is 9.84 Å². The number of hydrogen-bond acceptors (Lipinski definition) is 4. The Labute approximate surface area is 118 Å². The van der Waals surface area contributed by atoms with E-state index in [0.717, 1.165) is 19.3 Å². The number of rotatable bonds is 9. The van der Waals surface area contributed by atoms with Gasteiger partial charge in [0.25, 0.3) is 0 Å². The van der Waals surface area contributed by atoms with Crippen LogP contribution in [0.1, 0.15) is 58.8 Å². The first kappa shape index (κ1) is 16.9. The zero-order valence-electron chi connectivity index (χ0n) is 12.4. The van der Waals surface area contributed by atoms with Crippen molar-refractivity contribution in [3.63, 3.8) is 0 Å². The molecule has 0 saturated carbocycles. The maximum atomic E-state index is 11.5. The highest BCUT2D eigenvalue weighted by Crippen LogP contribution is 2.26. The van der Waals surface area contributed by atoms with Crippen LogP contribution >= 0.6 is 0 Å². The molecule has 114 valence electrons. The van der Waals surface area contributed by atoms with Crippen LogP contribution in [0.15, 0.2) is 0 Å². The minimum absolute atomic E-state index is 0.264. The molecule has 5 heteroatoms. The number of nitrogens with two attached hydrogens (primary N) is 1. The summed E-state index contributed by atoms with van der Waals surface area (Å²) in [6.45, 7) is 4.45. The van der Waals surface area contributed by atoms with Gasteiger partial charge in [0, 0.05) is 6.04 Å². The third-order valence-corrected chi connectivity index (χ3v) is 6.18. The average Bonchev–Trinajstić information content (AvgIpc) is 2.72. The van der Waals surface area contributed by atoms with Crippen molar-refractivity contribution in [1.29, 1.82) is 0 Å². The lowest BCUT2D eigenvalue weighted by atomic mass is 9.88. The molecule has 3 unspecified atom stereocenters. The van der Waals surface area contributed by atoms with Crippen molar-refractivity contribution in [1.82, 2.24) is 5.43 Å². The van der Waals surface area contributed by atoms with Crippen LogP contribution in [0.25, 0.3) is 0 Å². The highest BCUT2D eigenvalue weighted by atomic mass is 32.2. The highest BCUT2D eigenvalue weighted by Gasteiger charge is 2.30. The quantitative estimate of drug-likeness (QED) is 0.504. The molecule has 4 nitrogen and oxygen atoms in total. The molecule has 0 aromatic rings. The molecule has 0 aliphatic carbocycles. The topological polar surface area (TPSA) is 72.2 Å². The summed E-state index contributed by atoms with van der Waals surface area (Å²) < 4.78 is 23.0. The standard InChI is InChI=1S/C14H30N2O2S/c1-3-5-6-12(4-2)9-14(16-15)10-13-7-8-19(17,18)11-13/h12-14,16H,3-11,15H2,1-2H3. The molecule has 1 saturated heterocycles. The van der Waals surface area contributed by atoms with E-state index in [9.17, 15) is 8.42 Å². The first-order valence-corrected chi connectivity index (χ1v) is 9.49. The van der Waals surface area contributed by atoms with E-state index in [0.29, 0.717) is 23.3 Å². The smallest absolute Gasteiger partial charge is 0.150 e. The van der Waals surface area contributed by atoms with Crippen molar-refractivity contribution in [3.8, 4) is 0 Å². The van der Waals surface area contributed by atoms with Gasteiger partial charge in [-0.05, 0) is 31.1 Å². The Hall–Kier alpha value is -0.130. The van der Waals surface area contributed by atoms with Gasteiger partial charge >= 0.3 is 0 Å². The molecule has 0 amide bonds. The molecule has 1 aliphatic rings. The largest absolute Gasteiger partial charge is 0.271 e. The number of sulfone groups is 1. The van der Waals surface area contributed by atoms with Gasteiger partial charge in [0.15, 0.2) is 9.84 Å². The molecule has 1 fully saturated rings. The van der Waals surface area contributed by atoms with E-state index in [4.69, 9.17) is 5.84 Å². The molecule has 0 aromatic carbocycles. The second-order valence-corrected chi connectivity index (χ2v) is 8.25. The van der Waals surface area contributed by atoms with E-state index >= 15 is 0 Å². The summed E-state index contributed by atoms with van der Waals surface area (Å²) in [7, 11) is -2.77. The van der Waals surface area contributed by atoms with Crippen LogP contribution < -0.4 is 11.3 Å². The van der Waals surface area contributed by atoms with Crippen LogP contribution in [0, 0.1) is 11.8 Å². The normalized spacial score (nSPS) is 25.3. The Morgan fingerprint density at radius 2 is 2.11 bits per heavy atom. The second-order valence-electron chi connectivity index (χ2n) is 6.02. The van der Waals surface area contributed by atoms with Crippen molar-refractivity contribution in [2.45, 2.75) is 64.8 Å². The third kappa shape index (κ3) is 6.23. The molecule has 19 heavy (non-hydrogen) atoms. The van der Waals surface area contributed by atoms with Gasteiger partial charge in [0.05, 0.1) is 11.5 Å². The maximum absolute atomic E-state index is 11.5. The monoisotopic (exact) mass is 290 g/mol. The maximum Gasteiger partial charge on any atom is 0.150 e. The van der Waals surface area contributed by atoms with E-state index in [2.05, 4.69) is 19.3 Å². The molecule has 3 atom stereocenters. The molecule has 0 radical (unpaired) electrons. The van der Waals surface area contributed by atoms with Gasteiger partial charge in [-0.2, -0.15) is 0 Å². The molecule has 1 heterocycles. The number of nitrogens with one attached hydrogen (secondary N) is 1. The van der Waals surface area contributed by atoms with Gasteiger partial charge in [-0.3, -0.25) is 11.3 Å². The highest BCUT2D eigenvalue weighted by molar-refractivity contribution is 7.91. The Bertz CT molecular complexity index is 343. The molecular weight excluding hydrogens is 260 g/mol. The summed E-state index contributed by atoms with van der Waals surface area (Å²) in [6, 6.07) is 0.264. The predicted octanol–water partition coefficient (Wildman–Crippen LogP) is 2.25. The first-order valence-electron chi connectivity index (χ1n) is 7.67. The predicted molar refractivity (Wildman–Crippen MR) is 80.4 cm³/mol. The Morgan fingerprint density at radius 3 is 2.58 bits per heavy atom. The summed E-state index contributed by atoms with van der Waals surface area (Å²) in [5, 5.41) is 0. The van der Waals surface area contributed by atoms with Gasteiger partial charge in [0.2, 0.25) is 0 Å². The van der Waals surface area contributed by atoms with Crippen molar-refractivity contribution in [2.24, 2.45) is 17.7 Å². The summed E-state index contributed by atoms with van der Waals surface area (Å²) in [6.07, 6.45) is 7.73. The molecule has 0 aromatic heterocycles. The van der Waals surface area contributed by atoms with Gasteiger partial charge in [-0.25, -0.2) is 8.42 Å². The molecular formula is C14H30N2O2S. The second kappa shape index (κ2) is 8.22. The summed E-state index contributed by atoms with van der Waals surface area (Å²) in [4.78, 5) is 0. The lowest BCUT2D eigenvalue weighted by Gasteiger charge is -2.24. The number of hydrazine groups is 1. The van der Waals surface area contributed by atoms with Gasteiger partial charge in [0.1, 0.15) is 0 Å². The Balaban J connectivity index is 2.40. The minimum Gasteiger partial charge on any atom is -0.271 e. The fraction of sp³-hybridized carbons (Fsp3) is 1.00. The van der Waals surface area contributed by atoms with E-state index in [1.807, 2.05) is 0 Å². The molecule has 1 rings (SSSR count). The van der Waals surface area contributed by atoms with Crippen molar-refractivity contribution < 1.29 is 8.42 Å². The van der Waals surface area contributed by atoms with Crippen LogP contribution in [0.2, 0.25) is 0 Å². The van der Waals surface area contributed by atoms with Crippen LogP contribution in [0.4, 0.5) is 0 Å². The van der Waals surface area contributed by atoms with E-state index in [1.54, 1.807) is 0 Å².